The molecule has 0 bridgehead atoms. The van der Waals surface area contributed by atoms with Gasteiger partial charge in [-0.25, -0.2) is 9.07 Å². The first-order valence-electron chi connectivity index (χ1n) is 12.1. The van der Waals surface area contributed by atoms with E-state index >= 15 is 0 Å². The Morgan fingerprint density at radius 3 is 2.46 bits per heavy atom. The number of nitrogens with zero attached hydrogens (tertiary/aromatic N) is 3. The third-order valence-electron chi connectivity index (χ3n) is 5.82. The van der Waals surface area contributed by atoms with Crippen LogP contribution in [-0.2, 0) is 19.5 Å². The van der Waals surface area contributed by atoms with Crippen LogP contribution in [0, 0.1) is 5.82 Å². The van der Waals surface area contributed by atoms with Crippen molar-refractivity contribution >= 4 is 0 Å². The van der Waals surface area contributed by atoms with E-state index in [0.717, 1.165) is 29.9 Å². The number of furan rings is 1. The number of benzene rings is 2. The van der Waals surface area contributed by atoms with Gasteiger partial charge in [-0.2, -0.15) is 5.10 Å². The average molecular weight is 478 g/mol. The summed E-state index contributed by atoms with van der Waals surface area (Å²) >= 11 is 0. The summed E-state index contributed by atoms with van der Waals surface area (Å²) in [5.41, 5.74) is 2.52. The van der Waals surface area contributed by atoms with Crippen LogP contribution in [0.15, 0.2) is 77.4 Å². The van der Waals surface area contributed by atoms with E-state index in [0.29, 0.717) is 43.4 Å². The molecule has 184 valence electrons. The molecule has 0 amide bonds. The molecule has 7 heteroatoms. The molecule has 1 N–H and O–H groups in total. The molecule has 2 heterocycles. The molecule has 35 heavy (non-hydrogen) atoms. The van der Waals surface area contributed by atoms with Gasteiger partial charge in [0.2, 0.25) is 5.88 Å². The zero-order valence-corrected chi connectivity index (χ0v) is 20.2. The number of rotatable bonds is 12. The summed E-state index contributed by atoms with van der Waals surface area (Å²) < 4.78 is 27.4. The summed E-state index contributed by atoms with van der Waals surface area (Å²) in [5.74, 6) is 1.78. The second-order valence-electron chi connectivity index (χ2n) is 8.58. The van der Waals surface area contributed by atoms with Gasteiger partial charge in [-0.3, -0.25) is 4.90 Å². The van der Waals surface area contributed by atoms with Crippen LogP contribution < -0.4 is 4.74 Å². The van der Waals surface area contributed by atoms with E-state index in [9.17, 15) is 9.50 Å². The normalized spacial score (nSPS) is 12.3. The molecule has 0 aliphatic rings. The second-order valence-corrected chi connectivity index (χ2v) is 8.58. The summed E-state index contributed by atoms with van der Waals surface area (Å²) in [6.07, 6.45) is 3.52. The SMILES string of the molecule is CCC[C@@H](O)CN(Cc1ccco1)Cc1c(CC)nn(-c2ccc(F)cc2)c1Oc1ccccc1. The summed E-state index contributed by atoms with van der Waals surface area (Å²) in [6, 6.07) is 19.6. The Balaban J connectivity index is 1.74. The highest BCUT2D eigenvalue weighted by Crippen LogP contribution is 2.32. The maximum Gasteiger partial charge on any atom is 0.227 e. The lowest BCUT2D eigenvalue weighted by Crippen LogP contribution is -2.32. The maximum absolute atomic E-state index is 13.6. The predicted octanol–water partition coefficient (Wildman–Crippen LogP) is 6.12. The van der Waals surface area contributed by atoms with Gasteiger partial charge in [0.25, 0.3) is 0 Å². The lowest BCUT2D eigenvalue weighted by Gasteiger charge is -2.24. The van der Waals surface area contributed by atoms with Crippen molar-refractivity contribution in [2.75, 3.05) is 6.54 Å². The first-order valence-corrected chi connectivity index (χ1v) is 12.1. The van der Waals surface area contributed by atoms with Crippen molar-refractivity contribution in [3.63, 3.8) is 0 Å². The van der Waals surface area contributed by atoms with Crippen LogP contribution in [0.25, 0.3) is 5.69 Å². The molecule has 0 saturated carbocycles. The van der Waals surface area contributed by atoms with Crippen molar-refractivity contribution in [2.24, 2.45) is 0 Å². The highest BCUT2D eigenvalue weighted by molar-refractivity contribution is 5.44. The van der Waals surface area contributed by atoms with Gasteiger partial charge >= 0.3 is 0 Å². The quantitative estimate of drug-likeness (QED) is 0.266. The fourth-order valence-corrected chi connectivity index (χ4v) is 4.14. The average Bonchev–Trinajstić information content (AvgIpc) is 3.49. The fourth-order valence-electron chi connectivity index (χ4n) is 4.14. The molecule has 0 aliphatic carbocycles. The van der Waals surface area contributed by atoms with Gasteiger partial charge in [0.05, 0.1) is 35.9 Å². The van der Waals surface area contributed by atoms with Crippen LogP contribution in [0.3, 0.4) is 0 Å². The van der Waals surface area contributed by atoms with Crippen molar-refractivity contribution < 1.29 is 18.7 Å². The molecule has 0 aliphatic heterocycles. The highest BCUT2D eigenvalue weighted by Gasteiger charge is 2.24. The van der Waals surface area contributed by atoms with Crippen LogP contribution in [0.1, 0.15) is 43.7 Å². The first-order chi connectivity index (χ1) is 17.1. The van der Waals surface area contributed by atoms with E-state index in [1.54, 1.807) is 23.1 Å². The van der Waals surface area contributed by atoms with Crippen LogP contribution in [-0.4, -0.2) is 32.4 Å². The Morgan fingerprint density at radius 2 is 1.80 bits per heavy atom. The van der Waals surface area contributed by atoms with Crippen molar-refractivity contribution in [2.45, 2.75) is 52.3 Å². The number of ether oxygens (including phenoxy) is 1. The third-order valence-corrected chi connectivity index (χ3v) is 5.82. The largest absolute Gasteiger partial charge is 0.468 e. The molecule has 0 radical (unpaired) electrons. The molecule has 2 aromatic heterocycles. The zero-order chi connectivity index (χ0) is 24.6. The lowest BCUT2D eigenvalue weighted by molar-refractivity contribution is 0.0926. The number of halogens is 1. The van der Waals surface area contributed by atoms with Gasteiger partial charge < -0.3 is 14.3 Å². The van der Waals surface area contributed by atoms with Crippen LogP contribution >= 0.6 is 0 Å². The molecule has 0 fully saturated rings. The second kappa shape index (κ2) is 11.8. The van der Waals surface area contributed by atoms with Crippen molar-refractivity contribution in [1.29, 1.82) is 0 Å². The van der Waals surface area contributed by atoms with Gasteiger partial charge in [0.15, 0.2) is 0 Å². The van der Waals surface area contributed by atoms with E-state index in [2.05, 4.69) is 18.7 Å². The fraction of sp³-hybridized carbons (Fsp3) is 0.321. The maximum atomic E-state index is 13.6. The summed E-state index contributed by atoms with van der Waals surface area (Å²) in [5, 5.41) is 15.5. The molecule has 1 atom stereocenters. The summed E-state index contributed by atoms with van der Waals surface area (Å²) in [6.45, 7) is 5.66. The number of aliphatic hydroxyl groups excluding tert-OH is 1. The Bertz CT molecular complexity index is 1170. The predicted molar refractivity (Wildman–Crippen MR) is 133 cm³/mol. The first kappa shape index (κ1) is 24.7. The van der Waals surface area contributed by atoms with Crippen molar-refractivity contribution in [1.82, 2.24) is 14.7 Å². The van der Waals surface area contributed by atoms with E-state index in [4.69, 9.17) is 14.3 Å². The minimum absolute atomic E-state index is 0.308. The number of aliphatic hydroxyl groups is 1. The number of hydrogen-bond acceptors (Lipinski definition) is 5. The number of hydrogen-bond donors (Lipinski definition) is 1. The van der Waals surface area contributed by atoms with Crippen LogP contribution in [0.4, 0.5) is 4.39 Å². The lowest BCUT2D eigenvalue weighted by atomic mass is 10.1. The molecule has 0 unspecified atom stereocenters. The van der Waals surface area contributed by atoms with Gasteiger partial charge in [0.1, 0.15) is 17.3 Å². The molecule has 4 aromatic rings. The molecule has 0 spiro atoms. The minimum atomic E-state index is -0.453. The summed E-state index contributed by atoms with van der Waals surface area (Å²) in [7, 11) is 0. The molecular weight excluding hydrogens is 445 g/mol. The zero-order valence-electron chi connectivity index (χ0n) is 20.2. The van der Waals surface area contributed by atoms with Gasteiger partial charge in [0, 0.05) is 13.1 Å². The number of para-hydroxylation sites is 1. The van der Waals surface area contributed by atoms with E-state index in [1.165, 1.54) is 12.1 Å². The third kappa shape index (κ3) is 6.38. The van der Waals surface area contributed by atoms with Crippen LogP contribution in [0.5, 0.6) is 11.6 Å². The van der Waals surface area contributed by atoms with Crippen molar-refractivity contribution in [3.8, 4) is 17.3 Å². The molecule has 2 aromatic carbocycles. The summed E-state index contributed by atoms with van der Waals surface area (Å²) in [4.78, 5) is 2.15. The Hall–Kier alpha value is -3.42. The molecular formula is C28H32FN3O3. The smallest absolute Gasteiger partial charge is 0.227 e. The highest BCUT2D eigenvalue weighted by atomic mass is 19.1. The van der Waals surface area contributed by atoms with E-state index in [-0.39, 0.29) is 5.82 Å². The standard InChI is InChI=1S/C28H32FN3O3/c1-3-9-23(33)18-31(19-25-12-8-17-34-25)20-26-27(4-2)30-32(22-15-13-21(29)14-16-22)28(26)35-24-10-6-5-7-11-24/h5-8,10-17,23,33H,3-4,9,18-20H2,1-2H3/t23-/m1/s1. The van der Waals surface area contributed by atoms with E-state index < -0.39 is 6.10 Å². The molecule has 0 saturated heterocycles. The van der Waals surface area contributed by atoms with E-state index in [1.807, 2.05) is 42.5 Å². The Kier molecular flexibility index (Phi) is 8.34. The van der Waals surface area contributed by atoms with Gasteiger partial charge in [-0.1, -0.05) is 38.5 Å². The molecule has 4 rings (SSSR count). The minimum Gasteiger partial charge on any atom is -0.468 e. The molecule has 6 nitrogen and oxygen atoms in total. The van der Waals surface area contributed by atoms with Gasteiger partial charge in [-0.05, 0) is 61.4 Å². The van der Waals surface area contributed by atoms with Crippen molar-refractivity contribution in [3.05, 3.63) is 95.8 Å². The number of aryl methyl sites for hydroxylation is 1. The monoisotopic (exact) mass is 477 g/mol. The Morgan fingerprint density at radius 1 is 1.03 bits per heavy atom. The number of aromatic nitrogens is 2. The Labute approximate surface area is 205 Å². The topological polar surface area (TPSA) is 63.7 Å². The van der Waals surface area contributed by atoms with Crippen LogP contribution in [0.2, 0.25) is 0 Å². The van der Waals surface area contributed by atoms with Gasteiger partial charge in [-0.15, -0.1) is 0 Å².